The second kappa shape index (κ2) is 7.70. The number of amides is 1. The Kier molecular flexibility index (Phi) is 5.37. The van der Waals surface area contributed by atoms with Crippen LogP contribution in [0.25, 0.3) is 0 Å². The molecular weight excluding hydrogens is 348 g/mol. The SMILES string of the molecule is Cc1cc(NC(=O)[C@@H](Sc2nc(C)c(C)c(C)n2)c2ccccc2)no1. The molecule has 1 amide bonds. The fourth-order valence-corrected chi connectivity index (χ4v) is 3.47. The predicted molar refractivity (Wildman–Crippen MR) is 101 cm³/mol. The lowest BCUT2D eigenvalue weighted by Gasteiger charge is -2.16. The Morgan fingerprint density at radius 1 is 1.08 bits per heavy atom. The first-order chi connectivity index (χ1) is 12.4. The number of aromatic nitrogens is 3. The Hall–Kier alpha value is -2.67. The average Bonchev–Trinajstić information content (AvgIpc) is 3.03. The van der Waals surface area contributed by atoms with Crippen molar-refractivity contribution < 1.29 is 9.32 Å². The molecule has 0 saturated heterocycles. The van der Waals surface area contributed by atoms with Crippen molar-refractivity contribution in [1.29, 1.82) is 0 Å². The van der Waals surface area contributed by atoms with Gasteiger partial charge in [0, 0.05) is 17.5 Å². The van der Waals surface area contributed by atoms with E-state index in [1.165, 1.54) is 11.8 Å². The van der Waals surface area contributed by atoms with Gasteiger partial charge >= 0.3 is 0 Å². The third kappa shape index (κ3) is 4.11. The molecule has 3 rings (SSSR count). The number of benzene rings is 1. The van der Waals surface area contributed by atoms with Crippen LogP contribution in [0.2, 0.25) is 0 Å². The first-order valence-corrected chi connectivity index (χ1v) is 9.09. The maximum atomic E-state index is 12.9. The van der Waals surface area contributed by atoms with E-state index in [4.69, 9.17) is 4.52 Å². The van der Waals surface area contributed by atoms with Gasteiger partial charge in [-0.1, -0.05) is 47.3 Å². The molecule has 0 aliphatic carbocycles. The Morgan fingerprint density at radius 3 is 2.31 bits per heavy atom. The molecule has 0 saturated carbocycles. The van der Waals surface area contributed by atoms with Crippen molar-refractivity contribution in [1.82, 2.24) is 15.1 Å². The highest BCUT2D eigenvalue weighted by Gasteiger charge is 2.24. The number of anilines is 1. The molecule has 0 aliphatic heterocycles. The van der Waals surface area contributed by atoms with Crippen molar-refractivity contribution in [2.75, 3.05) is 5.32 Å². The number of hydrogen-bond donors (Lipinski definition) is 1. The summed E-state index contributed by atoms with van der Waals surface area (Å²) >= 11 is 1.32. The lowest BCUT2D eigenvalue weighted by atomic mass is 10.1. The van der Waals surface area contributed by atoms with Crippen LogP contribution in [0.1, 0.15) is 33.5 Å². The minimum absolute atomic E-state index is 0.200. The highest BCUT2D eigenvalue weighted by atomic mass is 32.2. The number of aryl methyl sites for hydroxylation is 3. The Bertz CT molecular complexity index is 901. The van der Waals surface area contributed by atoms with Crippen molar-refractivity contribution >= 4 is 23.5 Å². The van der Waals surface area contributed by atoms with E-state index in [1.54, 1.807) is 13.0 Å². The maximum absolute atomic E-state index is 12.9. The number of thioether (sulfide) groups is 1. The van der Waals surface area contributed by atoms with E-state index in [1.807, 2.05) is 51.1 Å². The summed E-state index contributed by atoms with van der Waals surface area (Å²) in [6.07, 6.45) is 0. The van der Waals surface area contributed by atoms with Crippen LogP contribution in [0.4, 0.5) is 5.82 Å². The van der Waals surface area contributed by atoms with E-state index in [0.29, 0.717) is 16.7 Å². The summed E-state index contributed by atoms with van der Waals surface area (Å²) in [6.45, 7) is 7.67. The van der Waals surface area contributed by atoms with Crippen LogP contribution >= 0.6 is 11.8 Å². The summed E-state index contributed by atoms with van der Waals surface area (Å²) in [5, 5.41) is 6.70. The molecule has 2 aromatic heterocycles. The highest BCUT2D eigenvalue weighted by molar-refractivity contribution is 8.00. The van der Waals surface area contributed by atoms with E-state index >= 15 is 0 Å². The fourth-order valence-electron chi connectivity index (χ4n) is 2.42. The van der Waals surface area contributed by atoms with Crippen molar-refractivity contribution in [3.8, 4) is 0 Å². The molecule has 0 unspecified atom stereocenters. The molecule has 0 spiro atoms. The highest BCUT2D eigenvalue weighted by Crippen LogP contribution is 2.35. The van der Waals surface area contributed by atoms with Crippen LogP contribution in [-0.2, 0) is 4.79 Å². The second-order valence-corrected chi connectivity index (χ2v) is 7.09. The topological polar surface area (TPSA) is 80.9 Å². The summed E-state index contributed by atoms with van der Waals surface area (Å²) in [6, 6.07) is 11.2. The largest absolute Gasteiger partial charge is 0.360 e. The smallest absolute Gasteiger partial charge is 0.243 e. The molecule has 0 radical (unpaired) electrons. The van der Waals surface area contributed by atoms with Gasteiger partial charge in [-0.25, -0.2) is 9.97 Å². The number of nitrogens with zero attached hydrogens (tertiary/aromatic N) is 3. The number of carbonyl (C=O) groups excluding carboxylic acids is 1. The monoisotopic (exact) mass is 368 g/mol. The van der Waals surface area contributed by atoms with Crippen LogP contribution in [0.15, 0.2) is 46.1 Å². The first kappa shape index (κ1) is 18.1. The van der Waals surface area contributed by atoms with Gasteiger partial charge in [-0.15, -0.1) is 0 Å². The number of hydrogen-bond acceptors (Lipinski definition) is 6. The zero-order valence-electron chi connectivity index (χ0n) is 15.1. The second-order valence-electron chi connectivity index (χ2n) is 6.02. The normalized spacial score (nSPS) is 12.0. The van der Waals surface area contributed by atoms with E-state index in [0.717, 1.165) is 22.5 Å². The Labute approximate surface area is 156 Å². The van der Waals surface area contributed by atoms with Crippen molar-refractivity contribution in [3.63, 3.8) is 0 Å². The minimum atomic E-state index is -0.505. The van der Waals surface area contributed by atoms with Gasteiger partial charge in [0.15, 0.2) is 11.0 Å². The lowest BCUT2D eigenvalue weighted by Crippen LogP contribution is -2.19. The fraction of sp³-hybridized carbons (Fsp3) is 0.263. The maximum Gasteiger partial charge on any atom is 0.243 e. The van der Waals surface area contributed by atoms with Gasteiger partial charge in [-0.3, -0.25) is 4.79 Å². The average molecular weight is 368 g/mol. The van der Waals surface area contributed by atoms with Crippen molar-refractivity contribution in [3.05, 3.63) is 64.7 Å². The molecule has 26 heavy (non-hydrogen) atoms. The molecule has 2 heterocycles. The van der Waals surface area contributed by atoms with Crippen LogP contribution < -0.4 is 5.32 Å². The van der Waals surface area contributed by atoms with Gasteiger partial charge in [0.25, 0.3) is 0 Å². The van der Waals surface area contributed by atoms with Crippen LogP contribution in [0, 0.1) is 27.7 Å². The van der Waals surface area contributed by atoms with Crippen molar-refractivity contribution in [2.24, 2.45) is 0 Å². The lowest BCUT2D eigenvalue weighted by molar-refractivity contribution is -0.115. The molecule has 3 aromatic rings. The first-order valence-electron chi connectivity index (χ1n) is 8.21. The van der Waals surface area contributed by atoms with Gasteiger partial charge in [-0.2, -0.15) is 0 Å². The van der Waals surface area contributed by atoms with Gasteiger partial charge < -0.3 is 9.84 Å². The molecule has 0 fully saturated rings. The zero-order valence-corrected chi connectivity index (χ0v) is 15.9. The molecule has 0 aliphatic rings. The molecular formula is C19H20N4O2S. The summed E-state index contributed by atoms with van der Waals surface area (Å²) in [4.78, 5) is 22.0. The van der Waals surface area contributed by atoms with Gasteiger partial charge in [0.1, 0.15) is 11.0 Å². The summed E-state index contributed by atoms with van der Waals surface area (Å²) < 4.78 is 5.02. The minimum Gasteiger partial charge on any atom is -0.360 e. The van der Waals surface area contributed by atoms with Gasteiger partial charge in [0.2, 0.25) is 5.91 Å². The van der Waals surface area contributed by atoms with E-state index in [-0.39, 0.29) is 5.91 Å². The van der Waals surface area contributed by atoms with Crippen molar-refractivity contribution in [2.45, 2.75) is 38.1 Å². The third-order valence-corrected chi connectivity index (χ3v) is 5.17. The molecule has 134 valence electrons. The molecule has 0 bridgehead atoms. The molecule has 1 aromatic carbocycles. The number of nitrogens with one attached hydrogen (secondary N) is 1. The number of carbonyl (C=O) groups is 1. The number of rotatable bonds is 5. The Balaban J connectivity index is 1.90. The van der Waals surface area contributed by atoms with Gasteiger partial charge in [0.05, 0.1) is 0 Å². The molecule has 1 N–H and O–H groups in total. The quantitative estimate of drug-likeness (QED) is 0.538. The summed E-state index contributed by atoms with van der Waals surface area (Å²) in [7, 11) is 0. The molecule has 7 heteroatoms. The Morgan fingerprint density at radius 2 is 1.73 bits per heavy atom. The standard InChI is InChI=1S/C19H20N4O2S/c1-11-10-16(23-25-11)22-18(24)17(15-8-6-5-7-9-15)26-19-20-13(3)12(2)14(4)21-19/h5-10,17H,1-4H3,(H,22,23,24)/t17-/m0/s1. The third-order valence-electron chi connectivity index (χ3n) is 4.06. The summed E-state index contributed by atoms with van der Waals surface area (Å²) in [5.41, 5.74) is 3.77. The zero-order chi connectivity index (χ0) is 18.7. The van der Waals surface area contributed by atoms with E-state index in [2.05, 4.69) is 20.4 Å². The molecule has 6 nitrogen and oxygen atoms in total. The van der Waals surface area contributed by atoms with Crippen LogP contribution in [0.5, 0.6) is 0 Å². The predicted octanol–water partition coefficient (Wildman–Crippen LogP) is 4.17. The van der Waals surface area contributed by atoms with Crippen LogP contribution in [0.3, 0.4) is 0 Å². The van der Waals surface area contributed by atoms with Gasteiger partial charge in [-0.05, 0) is 38.8 Å². The van der Waals surface area contributed by atoms with E-state index in [9.17, 15) is 4.79 Å². The molecule has 1 atom stereocenters. The van der Waals surface area contributed by atoms with Crippen LogP contribution in [-0.4, -0.2) is 21.0 Å². The summed E-state index contributed by atoms with van der Waals surface area (Å²) in [5.74, 6) is 0.831. The van der Waals surface area contributed by atoms with E-state index < -0.39 is 5.25 Å².